The van der Waals surface area contributed by atoms with Crippen LogP contribution in [0.2, 0.25) is 0 Å². The quantitative estimate of drug-likeness (QED) is 0.623. The normalized spacial score (nSPS) is 18.1. The average Bonchev–Trinajstić information content (AvgIpc) is 2.85. The van der Waals surface area contributed by atoms with Crippen LogP contribution < -0.4 is 0 Å². The molecule has 1 saturated heterocycles. The predicted molar refractivity (Wildman–Crippen MR) is 72.5 cm³/mol. The van der Waals surface area contributed by atoms with E-state index < -0.39 is 4.92 Å². The van der Waals surface area contributed by atoms with Crippen LogP contribution in [0.3, 0.4) is 0 Å². The summed E-state index contributed by atoms with van der Waals surface area (Å²) in [6, 6.07) is 5.79. The van der Waals surface area contributed by atoms with Gasteiger partial charge in [-0.05, 0) is 25.8 Å². The molecule has 0 saturated carbocycles. The highest BCUT2D eigenvalue weighted by atomic mass is 16.6. The lowest BCUT2D eigenvalue weighted by Crippen LogP contribution is -2.36. The van der Waals surface area contributed by atoms with E-state index in [0.717, 1.165) is 12.8 Å². The van der Waals surface area contributed by atoms with Crippen LogP contribution in [-0.2, 0) is 4.79 Å². The van der Waals surface area contributed by atoms with Crippen LogP contribution in [0.15, 0.2) is 24.3 Å². The molecule has 0 aliphatic carbocycles. The molecule has 20 heavy (non-hydrogen) atoms. The lowest BCUT2D eigenvalue weighted by molar-refractivity contribution is -0.385. The Morgan fingerprint density at radius 1 is 1.40 bits per heavy atom. The van der Waals surface area contributed by atoms with Gasteiger partial charge >= 0.3 is 0 Å². The summed E-state index contributed by atoms with van der Waals surface area (Å²) in [5.41, 5.74) is -0.0982. The maximum absolute atomic E-state index is 12.5. The minimum Gasteiger partial charge on any atom is -0.335 e. The molecular weight excluding hydrogens is 260 g/mol. The zero-order valence-electron chi connectivity index (χ0n) is 11.2. The van der Waals surface area contributed by atoms with Gasteiger partial charge in [-0.2, -0.15) is 0 Å². The maximum Gasteiger partial charge on any atom is 0.282 e. The molecule has 1 aromatic carbocycles. The Balaban J connectivity index is 2.27. The fraction of sp³-hybridized carbons (Fsp3) is 0.429. The molecule has 1 aliphatic rings. The second kappa shape index (κ2) is 5.81. The van der Waals surface area contributed by atoms with E-state index in [-0.39, 0.29) is 29.0 Å². The molecule has 6 nitrogen and oxygen atoms in total. The number of hydrogen-bond donors (Lipinski definition) is 0. The van der Waals surface area contributed by atoms with Gasteiger partial charge < -0.3 is 4.90 Å². The van der Waals surface area contributed by atoms with E-state index in [1.54, 1.807) is 11.0 Å². The number of Topliss-reactive ketones (excluding diaryl/α,β-unsaturated/α-hetero) is 1. The van der Waals surface area contributed by atoms with Gasteiger partial charge in [-0.1, -0.05) is 12.1 Å². The molecule has 0 N–H and O–H groups in total. The van der Waals surface area contributed by atoms with Crippen LogP contribution in [0, 0.1) is 10.1 Å². The summed E-state index contributed by atoms with van der Waals surface area (Å²) in [5.74, 6) is -0.335. The fourth-order valence-corrected chi connectivity index (χ4v) is 2.62. The van der Waals surface area contributed by atoms with E-state index in [9.17, 15) is 19.7 Å². The van der Waals surface area contributed by atoms with Gasteiger partial charge in [-0.15, -0.1) is 0 Å². The van der Waals surface area contributed by atoms with Gasteiger partial charge in [0.15, 0.2) is 0 Å². The summed E-state index contributed by atoms with van der Waals surface area (Å²) in [7, 11) is 0. The predicted octanol–water partition coefficient (Wildman–Crippen LogP) is 2.18. The van der Waals surface area contributed by atoms with Crippen LogP contribution in [-0.4, -0.2) is 34.1 Å². The Bertz CT molecular complexity index is 556. The standard InChI is InChI=1S/C14H16N2O4/c1-10(17)9-11-5-4-8-15(11)14(18)12-6-2-3-7-13(12)16(19)20/h2-3,6-7,11H,4-5,8-9H2,1H3. The van der Waals surface area contributed by atoms with Crippen molar-refractivity contribution in [3.8, 4) is 0 Å². The molecule has 2 rings (SSSR count). The van der Waals surface area contributed by atoms with Crippen molar-refractivity contribution >= 4 is 17.4 Å². The first kappa shape index (κ1) is 14.2. The molecule has 1 atom stereocenters. The van der Waals surface area contributed by atoms with E-state index >= 15 is 0 Å². The van der Waals surface area contributed by atoms with Crippen molar-refractivity contribution < 1.29 is 14.5 Å². The van der Waals surface area contributed by atoms with Gasteiger partial charge in [0.2, 0.25) is 0 Å². The lowest BCUT2D eigenvalue weighted by Gasteiger charge is -2.23. The summed E-state index contributed by atoms with van der Waals surface area (Å²) in [6.45, 7) is 2.04. The highest BCUT2D eigenvalue weighted by Gasteiger charge is 2.32. The topological polar surface area (TPSA) is 80.5 Å². The Kier molecular flexibility index (Phi) is 4.12. The number of hydrogen-bond acceptors (Lipinski definition) is 4. The number of carbonyl (C=O) groups excluding carboxylic acids is 2. The Labute approximate surface area is 116 Å². The molecule has 1 unspecified atom stereocenters. The number of amides is 1. The third-order valence-corrected chi connectivity index (χ3v) is 3.49. The summed E-state index contributed by atoms with van der Waals surface area (Å²) in [4.78, 5) is 35.7. The van der Waals surface area contributed by atoms with Gasteiger partial charge in [-0.3, -0.25) is 19.7 Å². The van der Waals surface area contributed by atoms with Gasteiger partial charge in [0.05, 0.1) is 4.92 Å². The van der Waals surface area contributed by atoms with Crippen LogP contribution in [0.1, 0.15) is 36.5 Å². The minimum absolute atomic E-state index is 0.0252. The lowest BCUT2D eigenvalue weighted by atomic mass is 10.1. The molecule has 1 aliphatic heterocycles. The number of ketones is 1. The molecule has 1 fully saturated rings. The number of nitro groups is 1. The molecule has 1 aromatic rings. The highest BCUT2D eigenvalue weighted by Crippen LogP contribution is 2.26. The number of para-hydroxylation sites is 1. The molecule has 1 amide bonds. The van der Waals surface area contributed by atoms with Gasteiger partial charge in [0.1, 0.15) is 11.3 Å². The smallest absolute Gasteiger partial charge is 0.282 e. The van der Waals surface area contributed by atoms with Crippen molar-refractivity contribution in [2.45, 2.75) is 32.2 Å². The van der Waals surface area contributed by atoms with Crippen LogP contribution >= 0.6 is 0 Å². The molecule has 0 spiro atoms. The molecular formula is C14H16N2O4. The SMILES string of the molecule is CC(=O)CC1CCCN1C(=O)c1ccccc1[N+](=O)[O-]. The Hall–Kier alpha value is -2.24. The van der Waals surface area contributed by atoms with Crippen LogP contribution in [0.4, 0.5) is 5.69 Å². The van der Waals surface area contributed by atoms with E-state index in [0.29, 0.717) is 13.0 Å². The Morgan fingerprint density at radius 3 is 2.75 bits per heavy atom. The van der Waals surface area contributed by atoms with Crippen molar-refractivity contribution in [3.63, 3.8) is 0 Å². The number of benzene rings is 1. The average molecular weight is 276 g/mol. The number of nitro benzene ring substituents is 1. The van der Waals surface area contributed by atoms with Crippen molar-refractivity contribution in [1.82, 2.24) is 4.90 Å². The number of carbonyl (C=O) groups is 2. The first-order valence-electron chi connectivity index (χ1n) is 6.54. The number of likely N-dealkylation sites (tertiary alicyclic amines) is 1. The van der Waals surface area contributed by atoms with E-state index in [1.165, 1.54) is 25.1 Å². The third-order valence-electron chi connectivity index (χ3n) is 3.49. The number of nitrogens with zero attached hydrogens (tertiary/aromatic N) is 2. The largest absolute Gasteiger partial charge is 0.335 e. The molecule has 106 valence electrons. The summed E-state index contributed by atoms with van der Waals surface area (Å²) >= 11 is 0. The number of rotatable bonds is 4. The van der Waals surface area contributed by atoms with E-state index in [1.807, 2.05) is 0 Å². The van der Waals surface area contributed by atoms with E-state index in [4.69, 9.17) is 0 Å². The summed E-state index contributed by atoms with van der Waals surface area (Å²) in [5, 5.41) is 11.0. The van der Waals surface area contributed by atoms with Crippen molar-refractivity contribution in [3.05, 3.63) is 39.9 Å². The van der Waals surface area contributed by atoms with Crippen molar-refractivity contribution in [2.24, 2.45) is 0 Å². The molecule has 1 heterocycles. The zero-order valence-corrected chi connectivity index (χ0v) is 11.2. The van der Waals surface area contributed by atoms with Gasteiger partial charge in [0.25, 0.3) is 11.6 Å². The highest BCUT2D eigenvalue weighted by molar-refractivity contribution is 5.98. The Morgan fingerprint density at radius 2 is 2.10 bits per heavy atom. The molecule has 0 aromatic heterocycles. The van der Waals surface area contributed by atoms with Crippen molar-refractivity contribution in [2.75, 3.05) is 6.54 Å². The molecule has 6 heteroatoms. The second-order valence-electron chi connectivity index (χ2n) is 4.97. The molecule has 0 radical (unpaired) electrons. The third kappa shape index (κ3) is 2.84. The molecule has 0 bridgehead atoms. The first-order valence-corrected chi connectivity index (χ1v) is 6.54. The van der Waals surface area contributed by atoms with Crippen LogP contribution in [0.25, 0.3) is 0 Å². The van der Waals surface area contributed by atoms with Gasteiger partial charge in [0, 0.05) is 25.1 Å². The first-order chi connectivity index (χ1) is 9.50. The minimum atomic E-state index is -0.552. The zero-order chi connectivity index (χ0) is 14.7. The summed E-state index contributed by atoms with van der Waals surface area (Å²) < 4.78 is 0. The summed E-state index contributed by atoms with van der Waals surface area (Å²) in [6.07, 6.45) is 1.91. The fourth-order valence-electron chi connectivity index (χ4n) is 2.62. The monoisotopic (exact) mass is 276 g/mol. The maximum atomic E-state index is 12.5. The van der Waals surface area contributed by atoms with Crippen LogP contribution in [0.5, 0.6) is 0 Å². The van der Waals surface area contributed by atoms with E-state index in [2.05, 4.69) is 0 Å². The van der Waals surface area contributed by atoms with Gasteiger partial charge in [-0.25, -0.2) is 0 Å². The second-order valence-corrected chi connectivity index (χ2v) is 4.97. The van der Waals surface area contributed by atoms with Crippen molar-refractivity contribution in [1.29, 1.82) is 0 Å².